The van der Waals surface area contributed by atoms with E-state index in [2.05, 4.69) is 11.5 Å². The fourth-order valence-electron chi connectivity index (χ4n) is 4.27. The second-order valence-corrected chi connectivity index (χ2v) is 7.32. The summed E-state index contributed by atoms with van der Waals surface area (Å²) < 4.78 is 19.1. The molecule has 28 heavy (non-hydrogen) atoms. The maximum Gasteiger partial charge on any atom is 0.433 e. The van der Waals surface area contributed by atoms with E-state index in [9.17, 15) is 19.3 Å². The number of likely N-dealkylation sites (tertiary alicyclic amines) is 1. The van der Waals surface area contributed by atoms with Gasteiger partial charge in [0.25, 0.3) is 5.91 Å². The summed E-state index contributed by atoms with van der Waals surface area (Å²) in [6.45, 7) is 6.63. The van der Waals surface area contributed by atoms with Crippen LogP contribution < -0.4 is 4.90 Å². The van der Waals surface area contributed by atoms with Crippen molar-refractivity contribution in [2.75, 3.05) is 31.1 Å². The molecule has 0 aliphatic carbocycles. The van der Waals surface area contributed by atoms with Crippen LogP contribution in [0.2, 0.25) is 0 Å². The van der Waals surface area contributed by atoms with Crippen molar-refractivity contribution >= 4 is 17.5 Å². The minimum atomic E-state index is -0.680. The van der Waals surface area contributed by atoms with Crippen molar-refractivity contribution < 1.29 is 18.5 Å². The smallest absolute Gasteiger partial charge is 0.395 e. The van der Waals surface area contributed by atoms with Gasteiger partial charge in [0.2, 0.25) is 0 Å². The molecule has 0 bridgehead atoms. The van der Waals surface area contributed by atoms with E-state index < -0.39 is 16.7 Å². The molecule has 2 aliphatic heterocycles. The lowest BCUT2D eigenvalue weighted by Crippen LogP contribution is -2.46. The van der Waals surface area contributed by atoms with Gasteiger partial charge in [0, 0.05) is 24.2 Å². The zero-order chi connectivity index (χ0) is 19.9. The summed E-state index contributed by atoms with van der Waals surface area (Å²) in [6.07, 6.45) is 3.44. The molecule has 0 atom stereocenters. The number of carbonyl (C=O) groups is 1. The predicted molar refractivity (Wildman–Crippen MR) is 101 cm³/mol. The minimum Gasteiger partial charge on any atom is -0.395 e. The molecule has 7 nitrogen and oxygen atoms in total. The van der Waals surface area contributed by atoms with Gasteiger partial charge in [-0.15, -0.1) is 6.58 Å². The molecule has 0 saturated carbocycles. The Morgan fingerprint density at radius 1 is 1.32 bits per heavy atom. The summed E-state index contributed by atoms with van der Waals surface area (Å²) in [4.78, 5) is 27.0. The van der Waals surface area contributed by atoms with E-state index in [0.29, 0.717) is 12.2 Å². The van der Waals surface area contributed by atoms with Gasteiger partial charge in [-0.1, -0.05) is 6.08 Å². The molecule has 0 unspecified atom stereocenters. The predicted octanol–water partition coefficient (Wildman–Crippen LogP) is 3.51. The highest BCUT2D eigenvalue weighted by Crippen LogP contribution is 2.47. The molecule has 0 N–H and O–H groups in total. The van der Waals surface area contributed by atoms with E-state index in [1.165, 1.54) is 24.3 Å². The molecule has 0 radical (unpaired) electrons. The third kappa shape index (κ3) is 2.99. The van der Waals surface area contributed by atoms with Crippen LogP contribution in [0.1, 0.15) is 29.0 Å². The highest BCUT2D eigenvalue weighted by molar-refractivity contribution is 6.06. The first-order valence-corrected chi connectivity index (χ1v) is 9.13. The van der Waals surface area contributed by atoms with E-state index in [4.69, 9.17) is 4.42 Å². The third-order valence-corrected chi connectivity index (χ3v) is 5.71. The number of hydrogen-bond acceptors (Lipinski definition) is 5. The second kappa shape index (κ2) is 6.87. The van der Waals surface area contributed by atoms with E-state index >= 15 is 0 Å². The van der Waals surface area contributed by atoms with Crippen molar-refractivity contribution in [2.24, 2.45) is 0 Å². The molecular formula is C20H20FN3O4. The molecule has 1 aromatic heterocycles. The Hall–Kier alpha value is -3.00. The zero-order valence-corrected chi connectivity index (χ0v) is 15.3. The number of anilines is 1. The van der Waals surface area contributed by atoms with Crippen LogP contribution in [-0.2, 0) is 5.41 Å². The number of hydrogen-bond donors (Lipinski definition) is 0. The first-order chi connectivity index (χ1) is 13.4. The molecule has 1 saturated heterocycles. The van der Waals surface area contributed by atoms with Gasteiger partial charge < -0.3 is 9.32 Å². The molecule has 1 amide bonds. The maximum absolute atomic E-state index is 14.0. The molecule has 8 heteroatoms. The number of piperidine rings is 1. The van der Waals surface area contributed by atoms with Crippen LogP contribution >= 0.6 is 0 Å². The van der Waals surface area contributed by atoms with Crippen molar-refractivity contribution in [3.63, 3.8) is 0 Å². The fourth-order valence-corrected chi connectivity index (χ4v) is 4.27. The zero-order valence-electron chi connectivity index (χ0n) is 15.3. The van der Waals surface area contributed by atoms with Crippen LogP contribution in [0, 0.1) is 15.9 Å². The van der Waals surface area contributed by atoms with E-state index in [0.717, 1.165) is 38.0 Å². The molecule has 2 aliphatic rings. The molecule has 1 spiro atoms. The third-order valence-electron chi connectivity index (χ3n) is 5.71. The van der Waals surface area contributed by atoms with E-state index in [1.807, 2.05) is 6.08 Å². The number of benzene rings is 1. The van der Waals surface area contributed by atoms with Crippen molar-refractivity contribution in [1.29, 1.82) is 0 Å². The Bertz CT molecular complexity index is 947. The largest absolute Gasteiger partial charge is 0.433 e. The number of amides is 1. The van der Waals surface area contributed by atoms with Crippen LogP contribution in [0.15, 0.2) is 47.4 Å². The SMILES string of the molecule is C=CCN1CCC2(CC1)CN(C(=O)c1ccc([N+](=O)[O-])o1)c1ccc(F)cc12. The lowest BCUT2D eigenvalue weighted by molar-refractivity contribution is -0.402. The molecule has 3 heterocycles. The summed E-state index contributed by atoms with van der Waals surface area (Å²) in [5.74, 6) is -1.36. The highest BCUT2D eigenvalue weighted by atomic mass is 19.1. The van der Waals surface area contributed by atoms with Crippen LogP contribution in [-0.4, -0.2) is 41.9 Å². The summed E-state index contributed by atoms with van der Waals surface area (Å²) >= 11 is 0. The fraction of sp³-hybridized carbons (Fsp3) is 0.350. The maximum atomic E-state index is 14.0. The van der Waals surface area contributed by atoms with Crippen LogP contribution in [0.4, 0.5) is 16.0 Å². The van der Waals surface area contributed by atoms with Gasteiger partial charge in [0.1, 0.15) is 10.7 Å². The van der Waals surface area contributed by atoms with Crippen LogP contribution in [0.25, 0.3) is 0 Å². The molecule has 4 rings (SSSR count). The highest BCUT2D eigenvalue weighted by Gasteiger charge is 2.47. The number of nitro groups is 1. The van der Waals surface area contributed by atoms with Gasteiger partial charge in [0.15, 0.2) is 5.76 Å². The molecule has 1 aromatic carbocycles. The Morgan fingerprint density at radius 2 is 2.07 bits per heavy atom. The molecule has 146 valence electrons. The van der Waals surface area contributed by atoms with Gasteiger partial charge in [0.05, 0.1) is 6.07 Å². The average molecular weight is 385 g/mol. The summed E-state index contributed by atoms with van der Waals surface area (Å²) in [5.41, 5.74) is 1.13. The van der Waals surface area contributed by atoms with Crippen molar-refractivity contribution in [1.82, 2.24) is 4.90 Å². The van der Waals surface area contributed by atoms with E-state index in [-0.39, 0.29) is 17.0 Å². The van der Waals surface area contributed by atoms with E-state index in [1.54, 1.807) is 11.0 Å². The number of halogens is 1. The first-order valence-electron chi connectivity index (χ1n) is 9.13. The average Bonchev–Trinajstić information content (AvgIpc) is 3.28. The lowest BCUT2D eigenvalue weighted by Gasteiger charge is -2.39. The number of carbonyl (C=O) groups excluding carboxylic acids is 1. The van der Waals surface area contributed by atoms with Crippen LogP contribution in [0.3, 0.4) is 0 Å². The van der Waals surface area contributed by atoms with Gasteiger partial charge >= 0.3 is 5.88 Å². The van der Waals surface area contributed by atoms with Gasteiger partial charge in [-0.25, -0.2) is 4.39 Å². The molecule has 2 aromatic rings. The Morgan fingerprint density at radius 3 is 2.71 bits per heavy atom. The standard InChI is InChI=1S/C20H20FN3O4/c1-2-9-22-10-7-20(8-11-22)13-23(16-4-3-14(21)12-15(16)20)19(25)17-5-6-18(28-17)24(26)27/h2-6,12H,1,7-11,13H2. The van der Waals surface area contributed by atoms with Crippen molar-refractivity contribution in [3.05, 3.63) is 70.2 Å². The van der Waals surface area contributed by atoms with Crippen molar-refractivity contribution in [3.8, 4) is 0 Å². The summed E-state index contributed by atoms with van der Waals surface area (Å²) in [6, 6.07) is 6.91. The number of nitrogens with zero attached hydrogens (tertiary/aromatic N) is 3. The number of rotatable bonds is 4. The topological polar surface area (TPSA) is 79.8 Å². The number of fused-ring (bicyclic) bond motifs is 2. The van der Waals surface area contributed by atoms with Gasteiger partial charge in [-0.2, -0.15) is 0 Å². The Labute approximate surface area is 161 Å². The quantitative estimate of drug-likeness (QED) is 0.457. The Kier molecular flexibility index (Phi) is 4.50. The molecule has 1 fully saturated rings. The number of furan rings is 1. The summed E-state index contributed by atoms with van der Waals surface area (Å²) in [5, 5.41) is 10.9. The van der Waals surface area contributed by atoms with Crippen LogP contribution in [0.5, 0.6) is 0 Å². The summed E-state index contributed by atoms with van der Waals surface area (Å²) in [7, 11) is 0. The lowest BCUT2D eigenvalue weighted by atomic mass is 9.74. The first kappa shape index (κ1) is 18.4. The molecular weight excluding hydrogens is 365 g/mol. The minimum absolute atomic E-state index is 0.0943. The van der Waals surface area contributed by atoms with Gasteiger partial charge in [-0.3, -0.25) is 19.8 Å². The van der Waals surface area contributed by atoms with Gasteiger partial charge in [-0.05, 0) is 55.8 Å². The monoisotopic (exact) mass is 385 g/mol. The normalized spacial score (nSPS) is 18.2. The van der Waals surface area contributed by atoms with Crippen molar-refractivity contribution in [2.45, 2.75) is 18.3 Å². The second-order valence-electron chi connectivity index (χ2n) is 7.32. The Balaban J connectivity index is 1.66.